The lowest BCUT2D eigenvalue weighted by Gasteiger charge is -2.08. The number of aliphatic hydroxyl groups excluding tert-OH is 1. The fourth-order valence-corrected chi connectivity index (χ4v) is 1.51. The van der Waals surface area contributed by atoms with Crippen LogP contribution in [0.3, 0.4) is 0 Å². The molecule has 5 nitrogen and oxygen atoms in total. The summed E-state index contributed by atoms with van der Waals surface area (Å²) in [5.41, 5.74) is 0.471. The predicted molar refractivity (Wildman–Crippen MR) is 58.3 cm³/mol. The number of nitrogens with zero attached hydrogens (tertiary/aromatic N) is 1. The van der Waals surface area contributed by atoms with Gasteiger partial charge in [0.1, 0.15) is 29.4 Å². The standard InChI is InChI=1S/C12H10FNO4/c1-17-12(16)9-6-18-14-10(9)11(15)7-2-4-8(13)5-3-7/h2-6,11,15H,1H3/t11-/m0/s1. The first-order chi connectivity index (χ1) is 8.63. The Hall–Kier alpha value is -2.21. The molecule has 1 heterocycles. The zero-order valence-corrected chi connectivity index (χ0v) is 9.46. The fraction of sp³-hybridized carbons (Fsp3) is 0.167. The van der Waals surface area contributed by atoms with E-state index in [2.05, 4.69) is 14.4 Å². The van der Waals surface area contributed by atoms with Crippen LogP contribution < -0.4 is 0 Å². The van der Waals surface area contributed by atoms with E-state index in [4.69, 9.17) is 0 Å². The Morgan fingerprint density at radius 2 is 2.11 bits per heavy atom. The quantitative estimate of drug-likeness (QED) is 0.840. The smallest absolute Gasteiger partial charge is 0.343 e. The maximum absolute atomic E-state index is 12.8. The number of aliphatic hydroxyl groups is 1. The summed E-state index contributed by atoms with van der Waals surface area (Å²) >= 11 is 0. The van der Waals surface area contributed by atoms with Gasteiger partial charge in [-0.25, -0.2) is 9.18 Å². The van der Waals surface area contributed by atoms with E-state index in [1.807, 2.05) is 0 Å². The number of carbonyl (C=O) groups excluding carboxylic acids is 1. The highest BCUT2D eigenvalue weighted by molar-refractivity contribution is 5.90. The molecule has 94 valence electrons. The molecule has 6 heteroatoms. The maximum Gasteiger partial charge on any atom is 0.343 e. The van der Waals surface area contributed by atoms with Crippen molar-refractivity contribution in [1.29, 1.82) is 0 Å². The van der Waals surface area contributed by atoms with Crippen molar-refractivity contribution in [2.75, 3.05) is 7.11 Å². The van der Waals surface area contributed by atoms with Crippen LogP contribution in [-0.4, -0.2) is 23.3 Å². The number of hydrogen-bond acceptors (Lipinski definition) is 5. The average Bonchev–Trinajstić information content (AvgIpc) is 2.87. The van der Waals surface area contributed by atoms with Gasteiger partial charge in [-0.15, -0.1) is 0 Å². The van der Waals surface area contributed by atoms with E-state index in [0.29, 0.717) is 5.56 Å². The van der Waals surface area contributed by atoms with Gasteiger partial charge >= 0.3 is 5.97 Å². The van der Waals surface area contributed by atoms with Crippen LogP contribution in [0.15, 0.2) is 35.1 Å². The number of benzene rings is 1. The molecule has 0 spiro atoms. The number of hydrogen-bond donors (Lipinski definition) is 1. The van der Waals surface area contributed by atoms with Crippen molar-refractivity contribution >= 4 is 5.97 Å². The molecule has 0 amide bonds. The molecular formula is C12H10FNO4. The molecule has 0 bridgehead atoms. The Balaban J connectivity index is 2.34. The van der Waals surface area contributed by atoms with E-state index in [1.165, 1.54) is 31.4 Å². The van der Waals surface area contributed by atoms with E-state index in [-0.39, 0.29) is 11.3 Å². The summed E-state index contributed by atoms with van der Waals surface area (Å²) in [6.45, 7) is 0. The van der Waals surface area contributed by atoms with E-state index >= 15 is 0 Å². The van der Waals surface area contributed by atoms with Crippen LogP contribution >= 0.6 is 0 Å². The van der Waals surface area contributed by atoms with Gasteiger partial charge in [-0.05, 0) is 17.7 Å². The van der Waals surface area contributed by atoms with E-state index < -0.39 is 17.9 Å². The van der Waals surface area contributed by atoms with Crippen molar-refractivity contribution in [2.24, 2.45) is 0 Å². The monoisotopic (exact) mass is 251 g/mol. The molecule has 0 aliphatic rings. The molecule has 0 saturated heterocycles. The Morgan fingerprint density at radius 3 is 2.72 bits per heavy atom. The summed E-state index contributed by atoms with van der Waals surface area (Å²) in [4.78, 5) is 11.4. The second-order valence-electron chi connectivity index (χ2n) is 3.56. The molecule has 2 rings (SSSR count). The first-order valence-corrected chi connectivity index (χ1v) is 5.09. The van der Waals surface area contributed by atoms with Crippen LogP contribution in [0.1, 0.15) is 27.7 Å². The summed E-state index contributed by atoms with van der Waals surface area (Å²) in [7, 11) is 1.21. The molecule has 18 heavy (non-hydrogen) atoms. The van der Waals surface area contributed by atoms with Crippen LogP contribution in [0.25, 0.3) is 0 Å². The van der Waals surface area contributed by atoms with E-state index in [0.717, 1.165) is 6.26 Å². The number of rotatable bonds is 3. The second kappa shape index (κ2) is 4.97. The lowest BCUT2D eigenvalue weighted by atomic mass is 10.0. The molecule has 0 aliphatic heterocycles. The number of aromatic nitrogens is 1. The van der Waals surface area contributed by atoms with Gasteiger partial charge in [0, 0.05) is 0 Å². The normalized spacial score (nSPS) is 12.2. The Labute approximate surface area is 102 Å². The molecule has 1 N–H and O–H groups in total. The largest absolute Gasteiger partial charge is 0.465 e. The third kappa shape index (κ3) is 2.23. The van der Waals surface area contributed by atoms with Crippen LogP contribution in [0.2, 0.25) is 0 Å². The van der Waals surface area contributed by atoms with E-state index in [1.54, 1.807) is 0 Å². The number of carbonyl (C=O) groups is 1. The zero-order chi connectivity index (χ0) is 13.1. The maximum atomic E-state index is 12.8. The van der Waals surface area contributed by atoms with Gasteiger partial charge in [0.15, 0.2) is 0 Å². The highest BCUT2D eigenvalue weighted by atomic mass is 19.1. The molecule has 2 aromatic rings. The lowest BCUT2D eigenvalue weighted by Crippen LogP contribution is -2.08. The first-order valence-electron chi connectivity index (χ1n) is 5.09. The third-order valence-electron chi connectivity index (χ3n) is 2.45. The van der Waals surface area contributed by atoms with Crippen molar-refractivity contribution in [3.8, 4) is 0 Å². The van der Waals surface area contributed by atoms with Crippen molar-refractivity contribution in [2.45, 2.75) is 6.10 Å². The van der Waals surface area contributed by atoms with Gasteiger partial charge in [-0.2, -0.15) is 0 Å². The molecule has 0 radical (unpaired) electrons. The van der Waals surface area contributed by atoms with Gasteiger partial charge in [0.05, 0.1) is 7.11 Å². The summed E-state index contributed by atoms with van der Waals surface area (Å²) in [5, 5.41) is 13.6. The molecule has 0 saturated carbocycles. The van der Waals surface area contributed by atoms with Crippen LogP contribution in [-0.2, 0) is 4.74 Å². The fourth-order valence-electron chi connectivity index (χ4n) is 1.51. The van der Waals surface area contributed by atoms with Crippen molar-refractivity contribution < 1.29 is 23.6 Å². The first kappa shape index (κ1) is 12.3. The Bertz CT molecular complexity index is 549. The van der Waals surface area contributed by atoms with Crippen molar-refractivity contribution in [1.82, 2.24) is 5.16 Å². The molecular weight excluding hydrogens is 241 g/mol. The highest BCUT2D eigenvalue weighted by Crippen LogP contribution is 2.24. The van der Waals surface area contributed by atoms with Gasteiger partial charge in [-0.3, -0.25) is 0 Å². The van der Waals surface area contributed by atoms with E-state index in [9.17, 15) is 14.3 Å². The van der Waals surface area contributed by atoms with Crippen LogP contribution in [0, 0.1) is 5.82 Å². The molecule has 0 aliphatic carbocycles. The molecule has 1 aromatic carbocycles. The molecule has 0 unspecified atom stereocenters. The third-order valence-corrected chi connectivity index (χ3v) is 2.45. The number of ether oxygens (including phenoxy) is 1. The van der Waals surface area contributed by atoms with Gasteiger partial charge in [0.2, 0.25) is 0 Å². The van der Waals surface area contributed by atoms with Crippen molar-refractivity contribution in [3.63, 3.8) is 0 Å². The SMILES string of the molecule is COC(=O)c1conc1[C@@H](O)c1ccc(F)cc1. The lowest BCUT2D eigenvalue weighted by molar-refractivity contribution is 0.0595. The zero-order valence-electron chi connectivity index (χ0n) is 9.46. The minimum Gasteiger partial charge on any atom is -0.465 e. The predicted octanol–water partition coefficient (Wildman–Crippen LogP) is 1.68. The minimum atomic E-state index is -1.18. The topological polar surface area (TPSA) is 72.6 Å². The number of methoxy groups -OCH3 is 1. The second-order valence-corrected chi connectivity index (χ2v) is 3.56. The summed E-state index contributed by atoms with van der Waals surface area (Å²) < 4.78 is 21.9. The van der Waals surface area contributed by atoms with Gasteiger partial charge in [-0.1, -0.05) is 17.3 Å². The summed E-state index contributed by atoms with van der Waals surface area (Å²) in [6, 6.07) is 5.21. The number of halogens is 1. The molecule has 0 fully saturated rings. The highest BCUT2D eigenvalue weighted by Gasteiger charge is 2.23. The Kier molecular flexibility index (Phi) is 3.38. The van der Waals surface area contributed by atoms with Crippen LogP contribution in [0.4, 0.5) is 4.39 Å². The molecule has 1 aromatic heterocycles. The van der Waals surface area contributed by atoms with Gasteiger partial charge < -0.3 is 14.4 Å². The van der Waals surface area contributed by atoms with Crippen LogP contribution in [0.5, 0.6) is 0 Å². The van der Waals surface area contributed by atoms with Gasteiger partial charge in [0.25, 0.3) is 0 Å². The van der Waals surface area contributed by atoms with Crippen molar-refractivity contribution in [3.05, 3.63) is 53.2 Å². The minimum absolute atomic E-state index is 0.0356. The molecule has 1 atom stereocenters. The average molecular weight is 251 g/mol. The summed E-state index contributed by atoms with van der Waals surface area (Å²) in [6.07, 6.45) is -0.0908. The Morgan fingerprint density at radius 1 is 1.44 bits per heavy atom. The summed E-state index contributed by atoms with van der Waals surface area (Å²) in [5.74, 6) is -1.08. The number of esters is 1.